The van der Waals surface area contributed by atoms with Crippen LogP contribution >= 0.6 is 0 Å². The largest absolute Gasteiger partial charge is 0.391 e. The van der Waals surface area contributed by atoms with Crippen molar-refractivity contribution >= 4 is 11.4 Å². The fourth-order valence-electron chi connectivity index (χ4n) is 5.60. The van der Waals surface area contributed by atoms with Crippen molar-refractivity contribution in [1.82, 2.24) is 0 Å². The highest BCUT2D eigenvalue weighted by molar-refractivity contribution is 5.54. The number of hydrogen-bond acceptors (Lipinski definition) is 4. The second kappa shape index (κ2) is 10.5. The minimum Gasteiger partial charge on any atom is -0.391 e. The average molecular weight is 466 g/mol. The van der Waals surface area contributed by atoms with Gasteiger partial charge >= 0.3 is 0 Å². The Hall–Kier alpha value is -3.29. The molecule has 2 aliphatic rings. The summed E-state index contributed by atoms with van der Waals surface area (Å²) in [7, 11) is 0. The highest BCUT2D eigenvalue weighted by Gasteiger charge is 2.22. The number of aliphatic hydroxyl groups excluding tert-OH is 1. The zero-order valence-corrected chi connectivity index (χ0v) is 20.6. The summed E-state index contributed by atoms with van der Waals surface area (Å²) in [5.41, 5.74) is 7.47. The molecule has 2 aliphatic heterocycles. The first-order valence-electron chi connectivity index (χ1n) is 12.9. The van der Waals surface area contributed by atoms with Gasteiger partial charge in [0.15, 0.2) is 0 Å². The molecule has 0 amide bonds. The van der Waals surface area contributed by atoms with Crippen molar-refractivity contribution in [2.24, 2.45) is 5.92 Å². The number of anilines is 2. The molecular weight excluding hydrogens is 430 g/mol. The Morgan fingerprint density at radius 2 is 1.23 bits per heavy atom. The third-order valence-corrected chi connectivity index (χ3v) is 7.59. The van der Waals surface area contributed by atoms with Gasteiger partial charge in [0.25, 0.3) is 0 Å². The van der Waals surface area contributed by atoms with Crippen molar-refractivity contribution in [3.8, 4) is 6.07 Å². The Morgan fingerprint density at radius 1 is 0.743 bits per heavy atom. The maximum absolute atomic E-state index is 10.1. The molecule has 3 aromatic carbocycles. The van der Waals surface area contributed by atoms with E-state index in [9.17, 15) is 10.4 Å². The molecule has 2 saturated heterocycles. The smallest absolute Gasteiger partial charge is 0.0715 e. The third kappa shape index (κ3) is 5.36. The molecule has 2 heterocycles. The molecule has 0 aromatic heterocycles. The Kier molecular flexibility index (Phi) is 7.06. The number of rotatable bonds is 5. The molecule has 4 heteroatoms. The topological polar surface area (TPSA) is 50.5 Å². The fraction of sp³-hybridized carbons (Fsp3) is 0.387. The molecule has 0 radical (unpaired) electrons. The quantitative estimate of drug-likeness (QED) is 0.478. The number of aryl methyl sites for hydroxylation is 1. The summed E-state index contributed by atoms with van der Waals surface area (Å²) in [4.78, 5) is 4.64. The molecule has 4 nitrogen and oxygen atoms in total. The third-order valence-electron chi connectivity index (χ3n) is 7.59. The molecule has 0 bridgehead atoms. The lowest BCUT2D eigenvalue weighted by Crippen LogP contribution is -2.38. The summed E-state index contributed by atoms with van der Waals surface area (Å²) in [5.74, 6) is 0.280. The highest BCUT2D eigenvalue weighted by atomic mass is 16.3. The molecule has 1 N–H and O–H groups in total. The van der Waals surface area contributed by atoms with E-state index in [0.717, 1.165) is 45.3 Å². The summed E-state index contributed by atoms with van der Waals surface area (Å²) < 4.78 is 0. The van der Waals surface area contributed by atoms with Crippen LogP contribution in [0.3, 0.4) is 0 Å². The van der Waals surface area contributed by atoms with Crippen molar-refractivity contribution in [3.05, 3.63) is 95.1 Å². The van der Waals surface area contributed by atoms with Gasteiger partial charge in [-0.3, -0.25) is 0 Å². The molecule has 3 atom stereocenters. The zero-order chi connectivity index (χ0) is 24.2. The number of piperidine rings is 2. The normalized spacial score (nSPS) is 21.4. The van der Waals surface area contributed by atoms with Crippen molar-refractivity contribution in [1.29, 1.82) is 5.26 Å². The van der Waals surface area contributed by atoms with Gasteiger partial charge in [-0.15, -0.1) is 0 Å². The number of nitriles is 1. The van der Waals surface area contributed by atoms with E-state index in [1.54, 1.807) is 0 Å². The van der Waals surface area contributed by atoms with Gasteiger partial charge in [0.05, 0.1) is 18.1 Å². The molecule has 0 saturated carbocycles. The molecule has 2 fully saturated rings. The van der Waals surface area contributed by atoms with Crippen molar-refractivity contribution < 1.29 is 5.11 Å². The Morgan fingerprint density at radius 3 is 1.74 bits per heavy atom. The molecule has 5 rings (SSSR count). The first-order valence-corrected chi connectivity index (χ1v) is 12.9. The van der Waals surface area contributed by atoms with E-state index >= 15 is 0 Å². The standard InChI is InChI=1S/C31H35N3O/c1-23-6-8-25(9-7-23)31(27-12-16-29(17-13-27)34-19-3-5-30(35)22-34)26-10-14-28(15-11-26)33-18-2-4-24(20-32)21-33/h6-17,24,30-31,35H,2-5,18-19,21-22H2,1H3. The van der Waals surface area contributed by atoms with Gasteiger partial charge in [-0.25, -0.2) is 0 Å². The summed E-state index contributed by atoms with van der Waals surface area (Å²) in [6.45, 7) is 5.69. The lowest BCUT2D eigenvalue weighted by Gasteiger charge is -2.32. The van der Waals surface area contributed by atoms with Crippen LogP contribution in [0.15, 0.2) is 72.8 Å². The predicted octanol–water partition coefficient (Wildman–Crippen LogP) is 5.88. The molecule has 180 valence electrons. The van der Waals surface area contributed by atoms with Gasteiger partial charge in [0.1, 0.15) is 0 Å². The number of β-amino-alcohol motifs (C(OH)–C–C–N with tert-alkyl or cyclic N) is 1. The van der Waals surface area contributed by atoms with Crippen molar-refractivity contribution in [2.75, 3.05) is 36.0 Å². The van der Waals surface area contributed by atoms with E-state index in [-0.39, 0.29) is 17.9 Å². The zero-order valence-electron chi connectivity index (χ0n) is 20.6. The molecule has 3 unspecified atom stereocenters. The van der Waals surface area contributed by atoms with Gasteiger partial charge in [0, 0.05) is 43.5 Å². The van der Waals surface area contributed by atoms with Crippen molar-refractivity contribution in [2.45, 2.75) is 44.6 Å². The van der Waals surface area contributed by atoms with E-state index in [0.29, 0.717) is 6.54 Å². The minimum absolute atomic E-state index is 0.128. The Labute approximate surface area is 209 Å². The number of aliphatic hydroxyl groups is 1. The summed E-state index contributed by atoms with van der Waals surface area (Å²) >= 11 is 0. The van der Waals surface area contributed by atoms with E-state index in [1.165, 1.54) is 33.6 Å². The van der Waals surface area contributed by atoms with Gasteiger partial charge < -0.3 is 14.9 Å². The van der Waals surface area contributed by atoms with E-state index < -0.39 is 0 Å². The van der Waals surface area contributed by atoms with Crippen LogP contribution in [0.1, 0.15) is 53.9 Å². The molecule has 35 heavy (non-hydrogen) atoms. The van der Waals surface area contributed by atoms with Crippen LogP contribution in [0.2, 0.25) is 0 Å². The SMILES string of the molecule is Cc1ccc(C(c2ccc(N3CCCC(O)C3)cc2)c2ccc(N3CCCC(C#N)C3)cc2)cc1. The van der Waals surface area contributed by atoms with Crippen LogP contribution in [0.4, 0.5) is 11.4 Å². The Balaban J connectivity index is 1.43. The molecule has 0 aliphatic carbocycles. The molecular formula is C31H35N3O. The minimum atomic E-state index is -0.231. The summed E-state index contributed by atoms with van der Waals surface area (Å²) in [5, 5.41) is 19.5. The highest BCUT2D eigenvalue weighted by Crippen LogP contribution is 2.35. The Bertz CT molecular complexity index is 1150. The second-order valence-corrected chi connectivity index (χ2v) is 10.2. The lowest BCUT2D eigenvalue weighted by molar-refractivity contribution is 0.154. The number of nitrogens with zero attached hydrogens (tertiary/aromatic N) is 3. The fourth-order valence-corrected chi connectivity index (χ4v) is 5.60. The molecule has 0 spiro atoms. The van der Waals surface area contributed by atoms with Crippen LogP contribution in [-0.2, 0) is 0 Å². The van der Waals surface area contributed by atoms with Crippen molar-refractivity contribution in [3.63, 3.8) is 0 Å². The van der Waals surface area contributed by atoms with E-state index in [1.807, 2.05) is 0 Å². The van der Waals surface area contributed by atoms with Gasteiger partial charge in [-0.1, -0.05) is 54.1 Å². The maximum Gasteiger partial charge on any atom is 0.0715 e. The maximum atomic E-state index is 10.1. The second-order valence-electron chi connectivity index (χ2n) is 10.2. The number of benzene rings is 3. The first kappa shape index (κ1) is 23.5. The average Bonchev–Trinajstić information content (AvgIpc) is 2.91. The van der Waals surface area contributed by atoms with Crippen LogP contribution < -0.4 is 9.80 Å². The predicted molar refractivity (Wildman–Crippen MR) is 143 cm³/mol. The lowest BCUT2D eigenvalue weighted by atomic mass is 9.84. The van der Waals surface area contributed by atoms with Gasteiger partial charge in [0.2, 0.25) is 0 Å². The van der Waals surface area contributed by atoms with Crippen LogP contribution in [0, 0.1) is 24.2 Å². The van der Waals surface area contributed by atoms with Gasteiger partial charge in [-0.05, 0) is 73.6 Å². The monoisotopic (exact) mass is 465 g/mol. The van der Waals surface area contributed by atoms with Crippen LogP contribution in [0.25, 0.3) is 0 Å². The molecule has 3 aromatic rings. The van der Waals surface area contributed by atoms with E-state index in [2.05, 4.69) is 95.6 Å². The van der Waals surface area contributed by atoms with E-state index in [4.69, 9.17) is 0 Å². The van der Waals surface area contributed by atoms with Crippen LogP contribution in [-0.4, -0.2) is 37.4 Å². The number of hydrogen-bond donors (Lipinski definition) is 1. The van der Waals surface area contributed by atoms with Crippen LogP contribution in [0.5, 0.6) is 0 Å². The first-order chi connectivity index (χ1) is 17.1. The van der Waals surface area contributed by atoms with Gasteiger partial charge in [-0.2, -0.15) is 5.26 Å². The summed E-state index contributed by atoms with van der Waals surface area (Å²) in [6, 6.07) is 29.2. The summed E-state index contributed by atoms with van der Waals surface area (Å²) in [6.07, 6.45) is 3.78.